The van der Waals surface area contributed by atoms with Gasteiger partial charge in [-0.1, -0.05) is 24.3 Å². The molecule has 3 heterocycles. The molecule has 2 N–H and O–H groups in total. The lowest BCUT2D eigenvalue weighted by Gasteiger charge is -2.25. The molecule has 166 valence electrons. The number of aryl methyl sites for hydroxylation is 1. The first-order chi connectivity index (χ1) is 15.1. The summed E-state index contributed by atoms with van der Waals surface area (Å²) in [5, 5.41) is 11.4. The number of rotatable bonds is 7. The highest BCUT2D eigenvalue weighted by molar-refractivity contribution is 5.80. The van der Waals surface area contributed by atoms with Crippen molar-refractivity contribution in [1.82, 2.24) is 30.3 Å². The van der Waals surface area contributed by atoms with E-state index in [1.54, 1.807) is 14.2 Å². The number of carbonyl (C=O) groups is 1. The Kier molecular flexibility index (Phi) is 6.81. The second-order valence-corrected chi connectivity index (χ2v) is 8.10. The Bertz CT molecular complexity index is 922. The number of methoxy groups -OCH3 is 1. The van der Waals surface area contributed by atoms with Crippen molar-refractivity contribution >= 4 is 11.9 Å². The van der Waals surface area contributed by atoms with Gasteiger partial charge in [0.2, 0.25) is 5.91 Å². The van der Waals surface area contributed by atoms with Gasteiger partial charge in [-0.2, -0.15) is 5.10 Å². The van der Waals surface area contributed by atoms with Crippen molar-refractivity contribution in [2.24, 2.45) is 4.99 Å². The molecule has 0 radical (unpaired) electrons. The van der Waals surface area contributed by atoms with Crippen LogP contribution in [-0.4, -0.2) is 58.3 Å². The average Bonchev–Trinajstić information content (AvgIpc) is 3.37. The van der Waals surface area contributed by atoms with Gasteiger partial charge >= 0.3 is 0 Å². The van der Waals surface area contributed by atoms with Crippen LogP contribution in [0.15, 0.2) is 29.3 Å². The Labute approximate surface area is 182 Å². The SMILES string of the molecule is CN=C(NCc1ccc(CN2CCCC2=O)cc1)NC1CCc2nc(COC)nn2C1. The Morgan fingerprint density at radius 1 is 1.26 bits per heavy atom. The molecule has 9 nitrogen and oxygen atoms in total. The number of nitrogens with one attached hydrogen (secondary N) is 2. The number of carbonyl (C=O) groups excluding carboxylic acids is 1. The monoisotopic (exact) mass is 425 g/mol. The van der Waals surface area contributed by atoms with Crippen LogP contribution in [0.1, 0.15) is 42.0 Å². The predicted octanol–water partition coefficient (Wildman–Crippen LogP) is 1.23. The van der Waals surface area contributed by atoms with E-state index in [9.17, 15) is 4.79 Å². The molecule has 4 rings (SSSR count). The smallest absolute Gasteiger partial charge is 0.222 e. The van der Waals surface area contributed by atoms with Gasteiger partial charge in [0.05, 0.1) is 6.54 Å². The van der Waals surface area contributed by atoms with Gasteiger partial charge in [0, 0.05) is 52.7 Å². The highest BCUT2D eigenvalue weighted by atomic mass is 16.5. The van der Waals surface area contributed by atoms with Gasteiger partial charge in [-0.3, -0.25) is 9.79 Å². The molecule has 2 aliphatic rings. The van der Waals surface area contributed by atoms with Crippen molar-refractivity contribution in [3.05, 3.63) is 47.0 Å². The van der Waals surface area contributed by atoms with E-state index in [0.717, 1.165) is 50.0 Å². The van der Waals surface area contributed by atoms with E-state index in [2.05, 4.69) is 50.0 Å². The number of aromatic nitrogens is 3. The lowest BCUT2D eigenvalue weighted by Crippen LogP contribution is -2.46. The molecule has 2 aromatic rings. The first-order valence-electron chi connectivity index (χ1n) is 10.9. The van der Waals surface area contributed by atoms with E-state index in [-0.39, 0.29) is 11.9 Å². The van der Waals surface area contributed by atoms with Crippen molar-refractivity contribution in [3.63, 3.8) is 0 Å². The fraction of sp³-hybridized carbons (Fsp3) is 0.545. The molecule has 1 aromatic carbocycles. The largest absolute Gasteiger partial charge is 0.377 e. The van der Waals surface area contributed by atoms with E-state index in [4.69, 9.17) is 4.74 Å². The molecule has 2 aliphatic heterocycles. The summed E-state index contributed by atoms with van der Waals surface area (Å²) >= 11 is 0. The lowest BCUT2D eigenvalue weighted by molar-refractivity contribution is -0.128. The van der Waals surface area contributed by atoms with E-state index in [1.165, 1.54) is 11.1 Å². The van der Waals surface area contributed by atoms with Crippen LogP contribution in [0.3, 0.4) is 0 Å². The molecule has 0 bridgehead atoms. The summed E-state index contributed by atoms with van der Waals surface area (Å²) in [5.41, 5.74) is 2.34. The molecule has 1 saturated heterocycles. The second-order valence-electron chi connectivity index (χ2n) is 8.10. The normalized spacial score (nSPS) is 18.9. The molecule has 31 heavy (non-hydrogen) atoms. The standard InChI is InChI=1S/C22H31N7O2/c1-23-22(25-18-9-10-20-26-19(15-31-2)27-29(20)14-18)24-12-16-5-7-17(8-6-16)13-28-11-3-4-21(28)30/h5-8,18H,3-4,9-15H2,1-2H3,(H2,23,24,25). The third-order valence-electron chi connectivity index (χ3n) is 5.77. The number of nitrogens with zero attached hydrogens (tertiary/aromatic N) is 5. The summed E-state index contributed by atoms with van der Waals surface area (Å²) in [4.78, 5) is 22.6. The van der Waals surface area contributed by atoms with E-state index in [1.807, 2.05) is 9.58 Å². The minimum Gasteiger partial charge on any atom is -0.377 e. The summed E-state index contributed by atoms with van der Waals surface area (Å²) in [6.45, 7) is 3.45. The first-order valence-corrected chi connectivity index (χ1v) is 10.9. The number of ether oxygens (including phenoxy) is 1. The van der Waals surface area contributed by atoms with Gasteiger partial charge in [-0.15, -0.1) is 0 Å². The maximum atomic E-state index is 11.8. The van der Waals surface area contributed by atoms with Gasteiger partial charge < -0.3 is 20.3 Å². The fourth-order valence-corrected chi connectivity index (χ4v) is 4.10. The Balaban J connectivity index is 1.26. The molecule has 1 amide bonds. The number of likely N-dealkylation sites (tertiary alicyclic amines) is 1. The van der Waals surface area contributed by atoms with Gasteiger partial charge in [0.15, 0.2) is 11.8 Å². The summed E-state index contributed by atoms with van der Waals surface area (Å²) < 4.78 is 7.10. The van der Waals surface area contributed by atoms with E-state index >= 15 is 0 Å². The van der Waals surface area contributed by atoms with Crippen LogP contribution in [0.5, 0.6) is 0 Å². The zero-order chi connectivity index (χ0) is 21.6. The molecule has 1 atom stereocenters. The number of benzene rings is 1. The second kappa shape index (κ2) is 9.91. The number of hydrogen-bond acceptors (Lipinski definition) is 5. The van der Waals surface area contributed by atoms with Gasteiger partial charge in [0.25, 0.3) is 0 Å². The lowest BCUT2D eigenvalue weighted by atomic mass is 10.1. The third-order valence-corrected chi connectivity index (χ3v) is 5.77. The average molecular weight is 426 g/mol. The highest BCUT2D eigenvalue weighted by Crippen LogP contribution is 2.15. The molecule has 0 spiro atoms. The summed E-state index contributed by atoms with van der Waals surface area (Å²) in [7, 11) is 3.44. The number of guanidine groups is 1. The van der Waals surface area contributed by atoms with Crippen molar-refractivity contribution in [2.75, 3.05) is 20.7 Å². The van der Waals surface area contributed by atoms with Gasteiger partial charge in [-0.25, -0.2) is 9.67 Å². The molecule has 1 fully saturated rings. The number of aliphatic imine (C=N–C) groups is 1. The van der Waals surface area contributed by atoms with E-state index < -0.39 is 0 Å². The van der Waals surface area contributed by atoms with Gasteiger partial charge in [0.1, 0.15) is 12.4 Å². The van der Waals surface area contributed by atoms with Crippen molar-refractivity contribution < 1.29 is 9.53 Å². The zero-order valence-corrected chi connectivity index (χ0v) is 18.3. The molecular weight excluding hydrogens is 394 g/mol. The van der Waals surface area contributed by atoms with Crippen LogP contribution >= 0.6 is 0 Å². The highest BCUT2D eigenvalue weighted by Gasteiger charge is 2.22. The fourth-order valence-electron chi connectivity index (χ4n) is 4.10. The minimum absolute atomic E-state index is 0.246. The summed E-state index contributed by atoms with van der Waals surface area (Å²) in [6.07, 6.45) is 3.52. The maximum absolute atomic E-state index is 11.8. The van der Waals surface area contributed by atoms with Gasteiger partial charge in [-0.05, 0) is 24.0 Å². The third kappa shape index (κ3) is 5.41. The van der Waals surface area contributed by atoms with Crippen LogP contribution in [0.25, 0.3) is 0 Å². The van der Waals surface area contributed by atoms with Crippen molar-refractivity contribution in [1.29, 1.82) is 0 Å². The number of fused-ring (bicyclic) bond motifs is 1. The molecule has 1 unspecified atom stereocenters. The van der Waals surface area contributed by atoms with Crippen molar-refractivity contribution in [3.8, 4) is 0 Å². The number of amides is 1. The predicted molar refractivity (Wildman–Crippen MR) is 117 cm³/mol. The van der Waals surface area contributed by atoms with E-state index in [0.29, 0.717) is 26.1 Å². The van der Waals surface area contributed by atoms with Crippen LogP contribution in [0, 0.1) is 0 Å². The van der Waals surface area contributed by atoms with Crippen LogP contribution in [0.4, 0.5) is 0 Å². The quantitative estimate of drug-likeness (QED) is 0.512. The molecule has 0 aliphatic carbocycles. The Hall–Kier alpha value is -2.94. The van der Waals surface area contributed by atoms with Crippen LogP contribution < -0.4 is 10.6 Å². The maximum Gasteiger partial charge on any atom is 0.222 e. The Morgan fingerprint density at radius 2 is 2.06 bits per heavy atom. The topological polar surface area (TPSA) is 96.7 Å². The number of hydrogen-bond donors (Lipinski definition) is 2. The molecule has 9 heteroatoms. The molecule has 0 saturated carbocycles. The van der Waals surface area contributed by atoms with Crippen molar-refractivity contribution in [2.45, 2.75) is 58.0 Å². The Morgan fingerprint density at radius 3 is 2.77 bits per heavy atom. The molecule has 1 aromatic heterocycles. The van der Waals surface area contributed by atoms with Crippen LogP contribution in [0.2, 0.25) is 0 Å². The zero-order valence-electron chi connectivity index (χ0n) is 18.3. The minimum atomic E-state index is 0.246. The first kappa shape index (κ1) is 21.3. The van der Waals surface area contributed by atoms with Crippen LogP contribution in [-0.2, 0) is 42.2 Å². The molecular formula is C22H31N7O2. The summed E-state index contributed by atoms with van der Waals surface area (Å²) in [5.74, 6) is 2.79. The summed E-state index contributed by atoms with van der Waals surface area (Å²) in [6, 6.07) is 8.66.